The van der Waals surface area contributed by atoms with Crippen molar-refractivity contribution in [1.82, 2.24) is 0 Å². The molecule has 0 spiro atoms. The Morgan fingerprint density at radius 1 is 1.07 bits per heavy atom. The number of hydrogen-bond donors (Lipinski definition) is 0. The molecule has 0 atom stereocenters. The summed E-state index contributed by atoms with van der Waals surface area (Å²) in [5.41, 5.74) is 0. The highest BCUT2D eigenvalue weighted by atomic mass is 28.3. The molecule has 15 heavy (non-hydrogen) atoms. The molecule has 1 radical (unpaired) electrons. The van der Waals surface area contributed by atoms with Crippen LogP contribution >= 0.6 is 0 Å². The van der Waals surface area contributed by atoms with Crippen molar-refractivity contribution in [2.75, 3.05) is 13.2 Å². The van der Waals surface area contributed by atoms with Gasteiger partial charge in [0.1, 0.15) is 0 Å². The molecule has 89 valence electrons. The Labute approximate surface area is 96.2 Å². The first-order valence-corrected chi connectivity index (χ1v) is 8.00. The fourth-order valence-corrected chi connectivity index (χ4v) is 3.85. The first-order valence-electron chi connectivity index (χ1n) is 6.48. The van der Waals surface area contributed by atoms with Crippen molar-refractivity contribution in [3.05, 3.63) is 0 Å². The topological polar surface area (TPSA) is 18.5 Å². The maximum atomic E-state index is 5.63. The Kier molecular flexibility index (Phi) is 7.31. The van der Waals surface area contributed by atoms with Crippen molar-refractivity contribution in [2.24, 2.45) is 5.92 Å². The second-order valence-electron chi connectivity index (χ2n) is 4.28. The maximum absolute atomic E-state index is 5.63. The largest absolute Gasteiger partial charge is 0.394 e. The Bertz CT molecular complexity index is 141. The van der Waals surface area contributed by atoms with Crippen molar-refractivity contribution in [1.29, 1.82) is 0 Å². The van der Waals surface area contributed by atoms with Crippen LogP contribution in [0.15, 0.2) is 0 Å². The van der Waals surface area contributed by atoms with Gasteiger partial charge in [0.15, 0.2) is 0 Å². The van der Waals surface area contributed by atoms with Gasteiger partial charge in [-0.3, -0.25) is 0 Å². The highest BCUT2D eigenvalue weighted by Crippen LogP contribution is 2.29. The zero-order chi connectivity index (χ0) is 10.9. The Morgan fingerprint density at radius 3 is 2.20 bits per heavy atom. The molecule has 0 N–H and O–H groups in total. The molecule has 0 heterocycles. The van der Waals surface area contributed by atoms with Crippen LogP contribution in [-0.4, -0.2) is 22.5 Å². The normalized spacial score (nSPS) is 17.8. The molecule has 1 fully saturated rings. The van der Waals surface area contributed by atoms with Gasteiger partial charge >= 0.3 is 9.28 Å². The van der Waals surface area contributed by atoms with Crippen LogP contribution in [-0.2, 0) is 8.85 Å². The van der Waals surface area contributed by atoms with Gasteiger partial charge in [-0.05, 0) is 25.8 Å². The summed E-state index contributed by atoms with van der Waals surface area (Å²) in [7, 11) is -0.938. The highest BCUT2D eigenvalue weighted by molar-refractivity contribution is 6.44. The van der Waals surface area contributed by atoms with Gasteiger partial charge in [-0.25, -0.2) is 0 Å². The highest BCUT2D eigenvalue weighted by Gasteiger charge is 2.18. The summed E-state index contributed by atoms with van der Waals surface area (Å²) in [6.45, 7) is 5.72. The minimum Gasteiger partial charge on any atom is -0.394 e. The molecule has 0 aromatic rings. The summed E-state index contributed by atoms with van der Waals surface area (Å²) in [6, 6.07) is 1.17. The average Bonchev–Trinajstić information content (AvgIpc) is 2.71. The van der Waals surface area contributed by atoms with Crippen molar-refractivity contribution < 1.29 is 8.85 Å². The van der Waals surface area contributed by atoms with E-state index >= 15 is 0 Å². The van der Waals surface area contributed by atoms with Crippen LogP contribution in [0.25, 0.3) is 0 Å². The summed E-state index contributed by atoms with van der Waals surface area (Å²) in [4.78, 5) is 0. The molecule has 1 aliphatic rings. The van der Waals surface area contributed by atoms with E-state index in [1.165, 1.54) is 44.6 Å². The van der Waals surface area contributed by atoms with Crippen LogP contribution in [0.4, 0.5) is 0 Å². The lowest BCUT2D eigenvalue weighted by Gasteiger charge is -2.14. The Morgan fingerprint density at radius 2 is 1.67 bits per heavy atom. The van der Waals surface area contributed by atoms with Crippen molar-refractivity contribution >= 4 is 9.28 Å². The van der Waals surface area contributed by atoms with E-state index in [1.54, 1.807) is 0 Å². The van der Waals surface area contributed by atoms with Gasteiger partial charge in [-0.15, -0.1) is 0 Å². The molecule has 0 amide bonds. The van der Waals surface area contributed by atoms with E-state index in [-0.39, 0.29) is 0 Å². The molecule has 0 bridgehead atoms. The van der Waals surface area contributed by atoms with Crippen molar-refractivity contribution in [3.63, 3.8) is 0 Å². The van der Waals surface area contributed by atoms with Crippen LogP contribution in [0.2, 0.25) is 6.04 Å². The predicted octanol–water partition coefficient (Wildman–Crippen LogP) is 3.52. The molecule has 1 aliphatic carbocycles. The molecular weight excluding hydrogens is 204 g/mol. The zero-order valence-electron chi connectivity index (χ0n) is 10.3. The van der Waals surface area contributed by atoms with E-state index < -0.39 is 9.28 Å². The lowest BCUT2D eigenvalue weighted by Crippen LogP contribution is -2.22. The molecule has 1 rings (SSSR count). The standard InChI is InChI=1S/C12H25O2Si/c1-3-13-15(14-4-2)11-7-10-12-8-5-6-9-12/h12H,3-11H2,1-2H3. The van der Waals surface area contributed by atoms with Crippen LogP contribution in [0.5, 0.6) is 0 Å². The summed E-state index contributed by atoms with van der Waals surface area (Å²) >= 11 is 0. The molecule has 2 nitrogen and oxygen atoms in total. The smallest absolute Gasteiger partial charge is 0.384 e. The lowest BCUT2D eigenvalue weighted by atomic mass is 10.0. The summed E-state index contributed by atoms with van der Waals surface area (Å²) < 4.78 is 11.3. The van der Waals surface area contributed by atoms with E-state index in [2.05, 4.69) is 13.8 Å². The molecule has 0 aromatic carbocycles. The Balaban J connectivity index is 2.04. The summed E-state index contributed by atoms with van der Waals surface area (Å²) in [6.07, 6.45) is 8.54. The Hall–Kier alpha value is 0.137. The third-order valence-electron chi connectivity index (χ3n) is 3.08. The molecule has 0 aliphatic heterocycles. The monoisotopic (exact) mass is 229 g/mol. The van der Waals surface area contributed by atoms with Gasteiger partial charge < -0.3 is 8.85 Å². The van der Waals surface area contributed by atoms with E-state index in [9.17, 15) is 0 Å². The minimum atomic E-state index is -0.938. The minimum absolute atomic E-state index is 0.803. The van der Waals surface area contributed by atoms with Gasteiger partial charge in [-0.1, -0.05) is 38.5 Å². The number of hydrogen-bond acceptors (Lipinski definition) is 2. The average molecular weight is 229 g/mol. The van der Waals surface area contributed by atoms with Crippen molar-refractivity contribution in [3.8, 4) is 0 Å². The third-order valence-corrected chi connectivity index (χ3v) is 5.06. The van der Waals surface area contributed by atoms with Gasteiger partial charge in [-0.2, -0.15) is 0 Å². The first kappa shape index (κ1) is 13.2. The molecule has 0 saturated heterocycles. The van der Waals surface area contributed by atoms with Crippen molar-refractivity contribution in [2.45, 2.75) is 58.4 Å². The van der Waals surface area contributed by atoms with Crippen LogP contribution in [0.1, 0.15) is 52.4 Å². The van der Waals surface area contributed by atoms with Gasteiger partial charge in [0.05, 0.1) is 0 Å². The van der Waals surface area contributed by atoms with Crippen LogP contribution in [0.3, 0.4) is 0 Å². The predicted molar refractivity (Wildman–Crippen MR) is 65.0 cm³/mol. The molecule has 1 saturated carbocycles. The second kappa shape index (κ2) is 8.31. The first-order chi connectivity index (χ1) is 7.36. The fraction of sp³-hybridized carbons (Fsp3) is 1.00. The molecule has 0 unspecified atom stereocenters. The third kappa shape index (κ3) is 5.69. The maximum Gasteiger partial charge on any atom is 0.384 e. The van der Waals surface area contributed by atoms with Crippen LogP contribution in [0, 0.1) is 5.92 Å². The quantitative estimate of drug-likeness (QED) is 0.593. The molecular formula is C12H25O2Si. The summed E-state index contributed by atoms with van der Waals surface area (Å²) in [5, 5.41) is 0. The lowest BCUT2D eigenvalue weighted by molar-refractivity contribution is 0.212. The number of rotatable bonds is 8. The van der Waals surface area contributed by atoms with E-state index in [4.69, 9.17) is 8.85 Å². The molecule has 3 heteroatoms. The molecule has 0 aromatic heterocycles. The van der Waals surface area contributed by atoms with Crippen LogP contribution < -0.4 is 0 Å². The van der Waals surface area contributed by atoms with E-state index in [1.807, 2.05) is 0 Å². The fourth-order valence-electron chi connectivity index (χ4n) is 2.34. The zero-order valence-corrected chi connectivity index (χ0v) is 11.3. The summed E-state index contributed by atoms with van der Waals surface area (Å²) in [5.74, 6) is 1.01. The second-order valence-corrected chi connectivity index (χ2v) is 6.10. The van der Waals surface area contributed by atoms with E-state index in [0.29, 0.717) is 0 Å². The van der Waals surface area contributed by atoms with Gasteiger partial charge in [0, 0.05) is 13.2 Å². The SMILES string of the molecule is CCO[Si](CCCC1CCCC1)OCC. The van der Waals surface area contributed by atoms with E-state index in [0.717, 1.165) is 19.1 Å². The van der Waals surface area contributed by atoms with Gasteiger partial charge in [0.2, 0.25) is 0 Å². The van der Waals surface area contributed by atoms with Gasteiger partial charge in [0.25, 0.3) is 0 Å².